The highest BCUT2D eigenvalue weighted by atomic mass is 16.3. The maximum absolute atomic E-state index is 12.9. The molecule has 1 N–H and O–H groups in total. The van der Waals surface area contributed by atoms with Crippen LogP contribution in [0.1, 0.15) is 36.0 Å². The lowest BCUT2D eigenvalue weighted by Crippen LogP contribution is -2.51. The van der Waals surface area contributed by atoms with Gasteiger partial charge < -0.3 is 19.8 Å². The quantitative estimate of drug-likeness (QED) is 0.887. The second-order valence-corrected chi connectivity index (χ2v) is 7.97. The van der Waals surface area contributed by atoms with Crippen molar-refractivity contribution in [2.75, 3.05) is 58.3 Å². The minimum atomic E-state index is -0.201. The number of likely N-dealkylation sites (tertiary alicyclic amines) is 1. The number of piperidine rings is 1. The number of aliphatic hydroxyl groups excluding tert-OH is 1. The first-order chi connectivity index (χ1) is 12.0. The third kappa shape index (κ3) is 4.15. The number of benzene rings is 1. The van der Waals surface area contributed by atoms with Crippen molar-refractivity contribution >= 4 is 11.6 Å². The molecular formula is C20H31N3O2. The van der Waals surface area contributed by atoms with Gasteiger partial charge in [-0.05, 0) is 64.0 Å². The molecule has 1 amide bonds. The highest BCUT2D eigenvalue weighted by Crippen LogP contribution is 2.31. The molecule has 0 spiro atoms. The van der Waals surface area contributed by atoms with Crippen molar-refractivity contribution in [2.45, 2.75) is 25.7 Å². The Labute approximate surface area is 151 Å². The highest BCUT2D eigenvalue weighted by Gasteiger charge is 2.37. The third-order valence-corrected chi connectivity index (χ3v) is 5.52. The molecule has 138 valence electrons. The molecule has 2 saturated heterocycles. The van der Waals surface area contributed by atoms with Crippen LogP contribution in [0.2, 0.25) is 0 Å². The zero-order valence-electron chi connectivity index (χ0n) is 15.6. The number of carbonyl (C=O) groups excluding carboxylic acids is 1. The lowest BCUT2D eigenvalue weighted by atomic mass is 9.80. The van der Waals surface area contributed by atoms with Crippen molar-refractivity contribution in [1.82, 2.24) is 9.80 Å². The Kier molecular flexibility index (Phi) is 5.64. The summed E-state index contributed by atoms with van der Waals surface area (Å²) in [5.41, 5.74) is 1.76. The van der Waals surface area contributed by atoms with Crippen molar-refractivity contribution in [3.63, 3.8) is 0 Å². The molecule has 1 atom stereocenters. The molecule has 0 bridgehead atoms. The number of hydrogen-bond acceptors (Lipinski definition) is 4. The number of amides is 1. The molecule has 2 aliphatic heterocycles. The van der Waals surface area contributed by atoms with Crippen LogP contribution in [-0.4, -0.2) is 74.2 Å². The maximum Gasteiger partial charge on any atom is 0.253 e. The van der Waals surface area contributed by atoms with Gasteiger partial charge >= 0.3 is 0 Å². The summed E-state index contributed by atoms with van der Waals surface area (Å²) in [6.45, 7) is 4.58. The lowest BCUT2D eigenvalue weighted by molar-refractivity contribution is 0.0138. The first-order valence-electron chi connectivity index (χ1n) is 9.43. The van der Waals surface area contributed by atoms with Crippen LogP contribution in [0, 0.1) is 5.41 Å². The smallest absolute Gasteiger partial charge is 0.253 e. The Balaban J connectivity index is 1.69. The fourth-order valence-corrected chi connectivity index (χ4v) is 4.33. The standard InChI is InChI=1S/C20H31N3O2/c1-21(2)14-20(16-24)10-5-13-23(15-20)19(25)17-6-8-18(9-7-17)22-11-3-4-12-22/h6-9,24H,3-5,10-16H2,1-2H3/t20-/m1/s1. The van der Waals surface area contributed by atoms with Gasteiger partial charge in [-0.25, -0.2) is 0 Å². The molecule has 0 radical (unpaired) electrons. The fourth-order valence-electron chi connectivity index (χ4n) is 4.33. The molecule has 0 saturated carbocycles. The molecular weight excluding hydrogens is 314 g/mol. The second kappa shape index (κ2) is 7.75. The Morgan fingerprint density at radius 1 is 1.12 bits per heavy atom. The molecule has 0 aromatic heterocycles. The van der Waals surface area contributed by atoms with Crippen molar-refractivity contribution in [1.29, 1.82) is 0 Å². The van der Waals surface area contributed by atoms with E-state index < -0.39 is 0 Å². The van der Waals surface area contributed by atoms with Crippen LogP contribution in [0.25, 0.3) is 0 Å². The summed E-state index contributed by atoms with van der Waals surface area (Å²) in [5, 5.41) is 9.95. The van der Waals surface area contributed by atoms with Crippen LogP contribution in [-0.2, 0) is 0 Å². The maximum atomic E-state index is 12.9. The molecule has 25 heavy (non-hydrogen) atoms. The predicted octanol–water partition coefficient (Wildman–Crippen LogP) is 2.06. The van der Waals surface area contributed by atoms with E-state index in [0.717, 1.165) is 44.6 Å². The van der Waals surface area contributed by atoms with Crippen molar-refractivity contribution < 1.29 is 9.90 Å². The average molecular weight is 345 g/mol. The van der Waals surface area contributed by atoms with Crippen molar-refractivity contribution in [3.8, 4) is 0 Å². The lowest BCUT2D eigenvalue weighted by Gasteiger charge is -2.43. The normalized spacial score (nSPS) is 24.2. The molecule has 1 aromatic carbocycles. The topological polar surface area (TPSA) is 47.0 Å². The molecule has 0 aliphatic carbocycles. The minimum absolute atomic E-state index is 0.0873. The summed E-state index contributed by atoms with van der Waals surface area (Å²) in [4.78, 5) is 19.3. The van der Waals surface area contributed by atoms with E-state index in [-0.39, 0.29) is 17.9 Å². The second-order valence-electron chi connectivity index (χ2n) is 7.97. The van der Waals surface area contributed by atoms with Crippen molar-refractivity contribution in [3.05, 3.63) is 29.8 Å². The zero-order chi connectivity index (χ0) is 17.9. The van der Waals surface area contributed by atoms with Gasteiger partial charge in [0.15, 0.2) is 0 Å². The number of rotatable bonds is 5. The molecule has 2 aliphatic rings. The first kappa shape index (κ1) is 18.2. The van der Waals surface area contributed by atoms with E-state index in [2.05, 4.69) is 21.9 Å². The van der Waals surface area contributed by atoms with Gasteiger partial charge in [0.25, 0.3) is 5.91 Å². The zero-order valence-corrected chi connectivity index (χ0v) is 15.6. The van der Waals surface area contributed by atoms with Gasteiger partial charge in [0, 0.05) is 49.4 Å². The van der Waals surface area contributed by atoms with E-state index >= 15 is 0 Å². The van der Waals surface area contributed by atoms with E-state index in [0.29, 0.717) is 6.54 Å². The van der Waals surface area contributed by atoms with E-state index in [1.54, 1.807) is 0 Å². The fraction of sp³-hybridized carbons (Fsp3) is 0.650. The minimum Gasteiger partial charge on any atom is -0.396 e. The van der Waals surface area contributed by atoms with E-state index in [1.807, 2.05) is 31.1 Å². The number of aliphatic hydroxyl groups is 1. The van der Waals surface area contributed by atoms with Crippen molar-refractivity contribution in [2.24, 2.45) is 5.41 Å². The Hall–Kier alpha value is -1.59. The summed E-state index contributed by atoms with van der Waals surface area (Å²) in [6, 6.07) is 8.05. The highest BCUT2D eigenvalue weighted by molar-refractivity contribution is 5.94. The summed E-state index contributed by atoms with van der Waals surface area (Å²) in [5.74, 6) is 0.0873. The Morgan fingerprint density at radius 3 is 2.40 bits per heavy atom. The summed E-state index contributed by atoms with van der Waals surface area (Å²) in [7, 11) is 4.05. The third-order valence-electron chi connectivity index (χ3n) is 5.52. The predicted molar refractivity (Wildman–Crippen MR) is 101 cm³/mol. The molecule has 2 heterocycles. The summed E-state index contributed by atoms with van der Waals surface area (Å²) >= 11 is 0. The average Bonchev–Trinajstić information content (AvgIpc) is 3.15. The Morgan fingerprint density at radius 2 is 1.80 bits per heavy atom. The van der Waals surface area contributed by atoms with Crippen LogP contribution in [0.5, 0.6) is 0 Å². The molecule has 5 nitrogen and oxygen atoms in total. The van der Waals surface area contributed by atoms with Gasteiger partial charge in [0.1, 0.15) is 0 Å². The Bertz CT molecular complexity index is 581. The van der Waals surface area contributed by atoms with E-state index in [1.165, 1.54) is 18.5 Å². The van der Waals surface area contributed by atoms with Crippen LogP contribution >= 0.6 is 0 Å². The molecule has 1 aromatic rings. The molecule has 5 heteroatoms. The van der Waals surface area contributed by atoms with Gasteiger partial charge in [0.05, 0.1) is 6.61 Å². The number of anilines is 1. The summed E-state index contributed by atoms with van der Waals surface area (Å²) in [6.07, 6.45) is 4.43. The van der Waals surface area contributed by atoms with Gasteiger partial charge in [0.2, 0.25) is 0 Å². The molecule has 0 unspecified atom stereocenters. The molecule has 2 fully saturated rings. The van der Waals surface area contributed by atoms with Crippen LogP contribution in [0.3, 0.4) is 0 Å². The number of nitrogens with zero attached hydrogens (tertiary/aromatic N) is 3. The first-order valence-corrected chi connectivity index (χ1v) is 9.43. The number of carbonyl (C=O) groups is 1. The monoisotopic (exact) mass is 345 g/mol. The van der Waals surface area contributed by atoms with Crippen LogP contribution < -0.4 is 4.90 Å². The largest absolute Gasteiger partial charge is 0.396 e. The van der Waals surface area contributed by atoms with E-state index in [4.69, 9.17) is 0 Å². The van der Waals surface area contributed by atoms with Gasteiger partial charge in [-0.15, -0.1) is 0 Å². The van der Waals surface area contributed by atoms with E-state index in [9.17, 15) is 9.90 Å². The van der Waals surface area contributed by atoms with Crippen LogP contribution in [0.4, 0.5) is 5.69 Å². The van der Waals surface area contributed by atoms with Crippen LogP contribution in [0.15, 0.2) is 24.3 Å². The van der Waals surface area contributed by atoms with Gasteiger partial charge in [-0.2, -0.15) is 0 Å². The SMILES string of the molecule is CN(C)C[C@]1(CO)CCCN(C(=O)c2ccc(N3CCCC3)cc2)C1. The van der Waals surface area contributed by atoms with Gasteiger partial charge in [-0.1, -0.05) is 0 Å². The molecule has 3 rings (SSSR count). The summed E-state index contributed by atoms with van der Waals surface area (Å²) < 4.78 is 0. The van der Waals surface area contributed by atoms with Gasteiger partial charge in [-0.3, -0.25) is 4.79 Å². The number of hydrogen-bond donors (Lipinski definition) is 1.